The first-order chi connectivity index (χ1) is 10.2. The Bertz CT molecular complexity index is 734. The third-order valence-electron chi connectivity index (χ3n) is 3.67. The van der Waals surface area contributed by atoms with Crippen LogP contribution in [0.1, 0.15) is 31.9 Å². The van der Waals surface area contributed by atoms with Crippen LogP contribution in [0.2, 0.25) is 10.0 Å². The topological polar surface area (TPSA) is 40.5 Å². The molecular formula is C18H18Cl2O2. The molecule has 0 fully saturated rings. The predicted molar refractivity (Wildman–Crippen MR) is 92.9 cm³/mol. The van der Waals surface area contributed by atoms with E-state index in [1.165, 1.54) is 0 Å². The van der Waals surface area contributed by atoms with Crippen molar-refractivity contribution in [2.45, 2.75) is 26.2 Å². The van der Waals surface area contributed by atoms with Gasteiger partial charge in [0, 0.05) is 16.5 Å². The minimum Gasteiger partial charge on any atom is -0.506 e. The molecule has 0 spiro atoms. The number of allylic oxidation sites excluding steroid dienone is 2. The molecule has 0 heterocycles. The highest BCUT2D eigenvalue weighted by Crippen LogP contribution is 2.39. The largest absolute Gasteiger partial charge is 0.506 e. The van der Waals surface area contributed by atoms with E-state index < -0.39 is 5.41 Å². The number of aromatic hydroxyl groups is 2. The summed E-state index contributed by atoms with van der Waals surface area (Å²) in [6.07, 6.45) is 1.98. The summed E-state index contributed by atoms with van der Waals surface area (Å²) < 4.78 is 0. The molecule has 0 saturated carbocycles. The zero-order valence-corrected chi connectivity index (χ0v) is 14.2. The number of benzene rings is 2. The molecule has 22 heavy (non-hydrogen) atoms. The third-order valence-corrected chi connectivity index (χ3v) is 4.28. The summed E-state index contributed by atoms with van der Waals surface area (Å²) in [5, 5.41) is 20.9. The number of halogens is 2. The van der Waals surface area contributed by atoms with Gasteiger partial charge in [0.2, 0.25) is 0 Å². The minimum absolute atomic E-state index is 0.0593. The van der Waals surface area contributed by atoms with E-state index in [0.29, 0.717) is 15.6 Å². The zero-order valence-electron chi connectivity index (χ0n) is 12.7. The lowest BCUT2D eigenvalue weighted by Crippen LogP contribution is -2.14. The highest BCUT2D eigenvalue weighted by molar-refractivity contribution is 6.32. The Morgan fingerprint density at radius 1 is 0.955 bits per heavy atom. The van der Waals surface area contributed by atoms with Crippen molar-refractivity contribution in [2.24, 2.45) is 0 Å². The fraction of sp³-hybridized carbons (Fsp3) is 0.222. The van der Waals surface area contributed by atoms with E-state index in [0.717, 1.165) is 11.1 Å². The van der Waals surface area contributed by atoms with Gasteiger partial charge in [-0.3, -0.25) is 0 Å². The van der Waals surface area contributed by atoms with E-state index in [2.05, 4.69) is 0 Å². The maximum Gasteiger partial charge on any atom is 0.141 e. The van der Waals surface area contributed by atoms with Gasteiger partial charge in [0.25, 0.3) is 0 Å². The minimum atomic E-state index is -0.464. The van der Waals surface area contributed by atoms with Gasteiger partial charge in [-0.15, -0.1) is 0 Å². The molecule has 0 radical (unpaired) electrons. The fourth-order valence-electron chi connectivity index (χ4n) is 2.57. The number of rotatable bonds is 3. The lowest BCUT2D eigenvalue weighted by molar-refractivity contribution is 0.456. The smallest absolute Gasteiger partial charge is 0.141 e. The molecule has 0 bridgehead atoms. The van der Waals surface area contributed by atoms with Gasteiger partial charge >= 0.3 is 0 Å². The van der Waals surface area contributed by atoms with Crippen molar-refractivity contribution in [2.75, 3.05) is 0 Å². The Labute approximate surface area is 140 Å². The zero-order chi connectivity index (χ0) is 16.5. The molecular weight excluding hydrogens is 319 g/mol. The first-order valence-corrected chi connectivity index (χ1v) is 7.65. The number of phenolic OH excluding ortho intramolecular Hbond substituents is 2. The summed E-state index contributed by atoms with van der Waals surface area (Å²) in [5.74, 6) is 0.137. The average Bonchev–Trinajstić information content (AvgIpc) is 2.44. The molecule has 0 amide bonds. The van der Waals surface area contributed by atoms with E-state index in [9.17, 15) is 10.2 Å². The van der Waals surface area contributed by atoms with Crippen molar-refractivity contribution in [3.8, 4) is 11.5 Å². The van der Waals surface area contributed by atoms with Crippen LogP contribution < -0.4 is 0 Å². The van der Waals surface area contributed by atoms with Crippen LogP contribution in [0.3, 0.4) is 0 Å². The predicted octanol–water partition coefficient (Wildman–Crippen LogP) is 5.79. The molecule has 2 nitrogen and oxygen atoms in total. The lowest BCUT2D eigenvalue weighted by Gasteiger charge is -2.24. The Morgan fingerprint density at radius 2 is 1.50 bits per heavy atom. The number of hydrogen-bond donors (Lipinski definition) is 2. The Hall–Kier alpha value is -1.64. The van der Waals surface area contributed by atoms with Crippen LogP contribution in [0.4, 0.5) is 0 Å². The first kappa shape index (κ1) is 16.7. The Balaban J connectivity index is 2.50. The van der Waals surface area contributed by atoms with E-state index in [4.69, 9.17) is 23.2 Å². The van der Waals surface area contributed by atoms with E-state index in [-0.39, 0.29) is 11.5 Å². The van der Waals surface area contributed by atoms with Crippen LogP contribution in [0, 0.1) is 0 Å². The second kappa shape index (κ2) is 6.23. The van der Waals surface area contributed by atoms with Gasteiger partial charge in [-0.25, -0.2) is 0 Å². The van der Waals surface area contributed by atoms with Gasteiger partial charge in [-0.1, -0.05) is 67.4 Å². The highest BCUT2D eigenvalue weighted by atomic mass is 35.5. The SMILES string of the molecule is C/C(=C/C(C)(C)c1cccc(Cl)c1O)c1cccc(Cl)c1O. The number of hydrogen-bond acceptors (Lipinski definition) is 2. The fourth-order valence-corrected chi connectivity index (χ4v) is 2.91. The van der Waals surface area contributed by atoms with Crippen molar-refractivity contribution < 1.29 is 10.2 Å². The van der Waals surface area contributed by atoms with Crippen LogP contribution in [-0.2, 0) is 5.41 Å². The molecule has 0 atom stereocenters. The molecule has 4 heteroatoms. The van der Waals surface area contributed by atoms with Crippen LogP contribution in [-0.4, -0.2) is 10.2 Å². The first-order valence-electron chi connectivity index (χ1n) is 6.89. The van der Waals surface area contributed by atoms with E-state index in [1.54, 1.807) is 30.3 Å². The summed E-state index contributed by atoms with van der Waals surface area (Å²) in [4.78, 5) is 0. The maximum absolute atomic E-state index is 10.2. The van der Waals surface area contributed by atoms with Gasteiger partial charge in [-0.2, -0.15) is 0 Å². The molecule has 2 N–H and O–H groups in total. The molecule has 2 aromatic carbocycles. The monoisotopic (exact) mass is 336 g/mol. The van der Waals surface area contributed by atoms with Gasteiger partial charge in [0.1, 0.15) is 11.5 Å². The van der Waals surface area contributed by atoms with Gasteiger partial charge in [0.05, 0.1) is 10.0 Å². The second-order valence-corrected chi connectivity index (χ2v) is 6.64. The molecule has 2 rings (SSSR count). The third kappa shape index (κ3) is 3.23. The van der Waals surface area contributed by atoms with E-state index >= 15 is 0 Å². The molecule has 2 aromatic rings. The summed E-state index contributed by atoms with van der Waals surface area (Å²) in [6, 6.07) is 10.5. The number of phenols is 2. The van der Waals surface area contributed by atoms with Crippen molar-refractivity contribution in [3.63, 3.8) is 0 Å². The standard InChI is InChI=1S/C18H18Cl2O2/c1-11(12-6-4-8-14(19)16(12)21)10-18(2,3)13-7-5-9-15(20)17(13)22/h4-10,21-22H,1-3H3/b11-10-. The quantitative estimate of drug-likeness (QED) is 0.745. The van der Waals surface area contributed by atoms with Crippen molar-refractivity contribution in [1.29, 1.82) is 0 Å². The average molecular weight is 337 g/mol. The van der Waals surface area contributed by atoms with Crippen LogP contribution >= 0.6 is 23.2 Å². The Kier molecular flexibility index (Phi) is 4.74. The second-order valence-electron chi connectivity index (χ2n) is 5.82. The van der Waals surface area contributed by atoms with Crippen LogP contribution in [0.15, 0.2) is 42.5 Å². The highest BCUT2D eigenvalue weighted by Gasteiger charge is 2.23. The van der Waals surface area contributed by atoms with Crippen LogP contribution in [0.25, 0.3) is 5.57 Å². The molecule has 0 unspecified atom stereocenters. The number of para-hydroxylation sites is 2. The summed E-state index contributed by atoms with van der Waals surface area (Å²) in [5.41, 5.74) is 1.79. The summed E-state index contributed by atoms with van der Waals surface area (Å²) in [6.45, 7) is 5.85. The van der Waals surface area contributed by atoms with Crippen molar-refractivity contribution in [1.82, 2.24) is 0 Å². The normalized spacial score (nSPS) is 12.5. The molecule has 0 aliphatic carbocycles. The maximum atomic E-state index is 10.2. The lowest BCUT2D eigenvalue weighted by atomic mass is 9.81. The van der Waals surface area contributed by atoms with E-state index in [1.807, 2.05) is 32.9 Å². The van der Waals surface area contributed by atoms with Gasteiger partial charge in [0.15, 0.2) is 0 Å². The molecule has 0 aliphatic rings. The van der Waals surface area contributed by atoms with Crippen LogP contribution in [0.5, 0.6) is 11.5 Å². The van der Waals surface area contributed by atoms with Gasteiger partial charge in [-0.05, 0) is 24.6 Å². The molecule has 0 aromatic heterocycles. The van der Waals surface area contributed by atoms with Gasteiger partial charge < -0.3 is 10.2 Å². The van der Waals surface area contributed by atoms with Crippen molar-refractivity contribution in [3.05, 3.63) is 63.6 Å². The molecule has 0 aliphatic heterocycles. The summed E-state index contributed by atoms with van der Waals surface area (Å²) in [7, 11) is 0. The molecule has 0 saturated heterocycles. The molecule has 116 valence electrons. The Morgan fingerprint density at radius 3 is 2.14 bits per heavy atom. The summed E-state index contributed by atoms with van der Waals surface area (Å²) >= 11 is 11.9. The van der Waals surface area contributed by atoms with Crippen molar-refractivity contribution >= 4 is 28.8 Å².